The van der Waals surface area contributed by atoms with Gasteiger partial charge in [0.25, 0.3) is 0 Å². The number of nitrogens with one attached hydrogen (secondary N) is 2. The first-order chi connectivity index (χ1) is 10.1. The van der Waals surface area contributed by atoms with Crippen LogP contribution in [0.15, 0.2) is 42.5 Å². The van der Waals surface area contributed by atoms with Gasteiger partial charge in [0.05, 0.1) is 17.3 Å². The van der Waals surface area contributed by atoms with Gasteiger partial charge in [0.2, 0.25) is 0 Å². The van der Waals surface area contributed by atoms with E-state index >= 15 is 0 Å². The molecule has 0 bridgehead atoms. The van der Waals surface area contributed by atoms with Crippen molar-refractivity contribution in [2.24, 2.45) is 0 Å². The Balaban J connectivity index is 2.02. The molecule has 0 atom stereocenters. The highest BCUT2D eigenvalue weighted by Gasteiger charge is 2.07. The van der Waals surface area contributed by atoms with Crippen molar-refractivity contribution in [1.29, 1.82) is 0 Å². The molecule has 2 rings (SSSR count). The second-order valence-corrected chi connectivity index (χ2v) is 5.18. The molecule has 0 saturated heterocycles. The summed E-state index contributed by atoms with van der Waals surface area (Å²) < 4.78 is 5.05. The Hall–Kier alpha value is -1.75. The number of hydrogen-bond donors (Lipinski definition) is 2. The average molecular weight is 325 g/mol. The zero-order valence-electron chi connectivity index (χ0n) is 11.3. The number of anilines is 2. The van der Waals surface area contributed by atoms with E-state index in [2.05, 4.69) is 10.6 Å². The largest absolute Gasteiger partial charge is 0.380 e. The molecule has 2 N–H and O–H groups in total. The van der Waals surface area contributed by atoms with E-state index in [1.54, 1.807) is 31.4 Å². The average Bonchev–Trinajstić information content (AvgIpc) is 2.43. The van der Waals surface area contributed by atoms with Gasteiger partial charge in [-0.1, -0.05) is 35.3 Å². The van der Waals surface area contributed by atoms with Gasteiger partial charge < -0.3 is 15.4 Å². The molecule has 0 aliphatic carbocycles. The summed E-state index contributed by atoms with van der Waals surface area (Å²) in [6.45, 7) is 0.486. The van der Waals surface area contributed by atoms with Crippen LogP contribution in [0.25, 0.3) is 0 Å². The van der Waals surface area contributed by atoms with Gasteiger partial charge in [-0.2, -0.15) is 0 Å². The molecule has 0 fully saturated rings. The molecule has 21 heavy (non-hydrogen) atoms. The lowest BCUT2D eigenvalue weighted by atomic mass is 10.2. The Labute approximate surface area is 133 Å². The summed E-state index contributed by atoms with van der Waals surface area (Å²) in [5, 5.41) is 6.29. The molecule has 2 aromatic carbocycles. The van der Waals surface area contributed by atoms with Crippen LogP contribution in [0.1, 0.15) is 5.56 Å². The van der Waals surface area contributed by atoms with E-state index < -0.39 is 0 Å². The fourth-order valence-electron chi connectivity index (χ4n) is 1.78. The van der Waals surface area contributed by atoms with Gasteiger partial charge in [-0.3, -0.25) is 0 Å². The fraction of sp³-hybridized carbons (Fsp3) is 0.133. The number of ether oxygens (including phenoxy) is 1. The Kier molecular flexibility index (Phi) is 5.44. The summed E-state index contributed by atoms with van der Waals surface area (Å²) in [4.78, 5) is 11.9. The Bertz CT molecular complexity index is 647. The summed E-state index contributed by atoms with van der Waals surface area (Å²) in [7, 11) is 1.62. The monoisotopic (exact) mass is 324 g/mol. The van der Waals surface area contributed by atoms with Crippen molar-refractivity contribution in [2.75, 3.05) is 17.7 Å². The minimum absolute atomic E-state index is 0.380. The van der Waals surface area contributed by atoms with Crippen molar-refractivity contribution in [3.63, 3.8) is 0 Å². The first kappa shape index (κ1) is 15.6. The zero-order chi connectivity index (χ0) is 15.2. The van der Waals surface area contributed by atoms with E-state index in [-0.39, 0.29) is 6.03 Å². The molecule has 0 aromatic heterocycles. The van der Waals surface area contributed by atoms with Crippen LogP contribution < -0.4 is 10.6 Å². The van der Waals surface area contributed by atoms with E-state index in [1.807, 2.05) is 18.2 Å². The summed E-state index contributed by atoms with van der Waals surface area (Å²) in [6, 6.07) is 11.9. The van der Waals surface area contributed by atoms with E-state index in [0.29, 0.717) is 28.0 Å². The molecular weight excluding hydrogens is 311 g/mol. The molecule has 0 aliphatic rings. The smallest absolute Gasteiger partial charge is 0.323 e. The van der Waals surface area contributed by atoms with Crippen LogP contribution >= 0.6 is 23.2 Å². The first-order valence-corrected chi connectivity index (χ1v) is 6.95. The zero-order valence-corrected chi connectivity index (χ0v) is 12.8. The van der Waals surface area contributed by atoms with Gasteiger partial charge in [0, 0.05) is 17.8 Å². The molecule has 2 aromatic rings. The van der Waals surface area contributed by atoms with Crippen molar-refractivity contribution in [2.45, 2.75) is 6.61 Å². The first-order valence-electron chi connectivity index (χ1n) is 6.19. The highest BCUT2D eigenvalue weighted by Crippen LogP contribution is 2.25. The van der Waals surface area contributed by atoms with E-state index in [1.165, 1.54) is 0 Å². The second-order valence-electron chi connectivity index (χ2n) is 4.34. The number of carbonyl (C=O) groups is 1. The highest BCUT2D eigenvalue weighted by molar-refractivity contribution is 6.36. The molecule has 4 nitrogen and oxygen atoms in total. The lowest BCUT2D eigenvalue weighted by molar-refractivity contribution is 0.185. The SMILES string of the molecule is COCc1cccc(NC(=O)Nc2ccc(Cl)cc2Cl)c1. The quantitative estimate of drug-likeness (QED) is 0.849. The maximum atomic E-state index is 11.9. The van der Waals surface area contributed by atoms with Gasteiger partial charge in [0.1, 0.15) is 0 Å². The molecule has 0 aliphatic heterocycles. The van der Waals surface area contributed by atoms with Crippen LogP contribution in [0.3, 0.4) is 0 Å². The van der Waals surface area contributed by atoms with Crippen molar-refractivity contribution in [3.8, 4) is 0 Å². The van der Waals surface area contributed by atoms with Crippen molar-refractivity contribution in [1.82, 2.24) is 0 Å². The molecule has 0 spiro atoms. The summed E-state index contributed by atoms with van der Waals surface area (Å²) in [5.74, 6) is 0. The van der Waals surface area contributed by atoms with Crippen molar-refractivity contribution < 1.29 is 9.53 Å². The lowest BCUT2D eigenvalue weighted by Crippen LogP contribution is -2.19. The number of rotatable bonds is 4. The van der Waals surface area contributed by atoms with Gasteiger partial charge in [-0.25, -0.2) is 4.79 Å². The number of benzene rings is 2. The maximum Gasteiger partial charge on any atom is 0.323 e. The molecule has 0 unspecified atom stereocenters. The topological polar surface area (TPSA) is 50.4 Å². The van der Waals surface area contributed by atoms with Gasteiger partial charge in [-0.05, 0) is 35.9 Å². The lowest BCUT2D eigenvalue weighted by Gasteiger charge is -2.10. The molecule has 2 amide bonds. The molecule has 0 saturated carbocycles. The summed E-state index contributed by atoms with van der Waals surface area (Å²) >= 11 is 11.8. The van der Waals surface area contributed by atoms with Crippen LogP contribution in [0.2, 0.25) is 10.0 Å². The third-order valence-corrected chi connectivity index (χ3v) is 3.22. The normalized spacial score (nSPS) is 10.2. The number of methoxy groups -OCH3 is 1. The predicted molar refractivity (Wildman–Crippen MR) is 86.3 cm³/mol. The number of hydrogen-bond acceptors (Lipinski definition) is 2. The second kappa shape index (κ2) is 7.31. The number of carbonyl (C=O) groups excluding carboxylic acids is 1. The Morgan fingerprint density at radius 3 is 2.67 bits per heavy atom. The van der Waals surface area contributed by atoms with Crippen LogP contribution in [-0.2, 0) is 11.3 Å². The minimum Gasteiger partial charge on any atom is -0.380 e. The Morgan fingerprint density at radius 1 is 1.14 bits per heavy atom. The minimum atomic E-state index is -0.381. The Morgan fingerprint density at radius 2 is 1.95 bits per heavy atom. The van der Waals surface area contributed by atoms with Gasteiger partial charge in [-0.15, -0.1) is 0 Å². The molecule has 110 valence electrons. The third kappa shape index (κ3) is 4.63. The van der Waals surface area contributed by atoms with E-state index in [9.17, 15) is 4.79 Å². The maximum absolute atomic E-state index is 11.9. The molecular formula is C15H14Cl2N2O2. The number of amides is 2. The number of urea groups is 1. The molecule has 0 heterocycles. The fourth-order valence-corrected chi connectivity index (χ4v) is 2.24. The molecule has 0 radical (unpaired) electrons. The number of halogens is 2. The summed E-state index contributed by atoms with van der Waals surface area (Å²) in [5.41, 5.74) is 2.14. The van der Waals surface area contributed by atoms with E-state index in [4.69, 9.17) is 27.9 Å². The van der Waals surface area contributed by atoms with E-state index in [0.717, 1.165) is 5.56 Å². The van der Waals surface area contributed by atoms with Crippen LogP contribution in [0, 0.1) is 0 Å². The van der Waals surface area contributed by atoms with Gasteiger partial charge >= 0.3 is 6.03 Å². The standard InChI is InChI=1S/C15H14Cl2N2O2/c1-21-9-10-3-2-4-12(7-10)18-15(20)19-14-6-5-11(16)8-13(14)17/h2-8H,9H2,1H3,(H2,18,19,20). The molecule has 6 heteroatoms. The predicted octanol–water partition coefficient (Wildman–Crippen LogP) is 4.78. The van der Waals surface area contributed by atoms with Gasteiger partial charge in [0.15, 0.2) is 0 Å². The summed E-state index contributed by atoms with van der Waals surface area (Å²) in [6.07, 6.45) is 0. The van der Waals surface area contributed by atoms with Crippen LogP contribution in [0.5, 0.6) is 0 Å². The van der Waals surface area contributed by atoms with Crippen molar-refractivity contribution >= 4 is 40.6 Å². The highest BCUT2D eigenvalue weighted by atomic mass is 35.5. The third-order valence-electron chi connectivity index (χ3n) is 2.68. The van der Waals surface area contributed by atoms with Crippen LogP contribution in [-0.4, -0.2) is 13.1 Å². The van der Waals surface area contributed by atoms with Crippen molar-refractivity contribution in [3.05, 3.63) is 58.1 Å². The van der Waals surface area contributed by atoms with Crippen LogP contribution in [0.4, 0.5) is 16.2 Å².